The van der Waals surface area contributed by atoms with Gasteiger partial charge in [-0.15, -0.1) is 0 Å². The van der Waals surface area contributed by atoms with Crippen LogP contribution in [0, 0.1) is 0 Å². The molecule has 0 aliphatic heterocycles. The number of nitrogens with one attached hydrogen (secondary N) is 1. The fourth-order valence-corrected chi connectivity index (χ4v) is 3.39. The van der Waals surface area contributed by atoms with Gasteiger partial charge < -0.3 is 15.0 Å². The summed E-state index contributed by atoms with van der Waals surface area (Å²) >= 11 is 0. The van der Waals surface area contributed by atoms with Gasteiger partial charge in [0.15, 0.2) is 0 Å². The summed E-state index contributed by atoms with van der Waals surface area (Å²) in [6.07, 6.45) is 0.180. The van der Waals surface area contributed by atoms with Gasteiger partial charge in [-0.2, -0.15) is 5.10 Å². The van der Waals surface area contributed by atoms with Gasteiger partial charge >= 0.3 is 5.97 Å². The number of hydrogen-bond donors (Lipinski definition) is 1. The molecular formula is C26H30N4O4. The van der Waals surface area contributed by atoms with Gasteiger partial charge in [0.1, 0.15) is 0 Å². The number of nitrogens with zero attached hydrogens (tertiary/aromatic N) is 3. The molecule has 0 unspecified atom stereocenters. The minimum absolute atomic E-state index is 0.131. The molecule has 0 saturated carbocycles. The van der Waals surface area contributed by atoms with Crippen LogP contribution >= 0.6 is 0 Å². The smallest absolute Gasteiger partial charge is 0.310 e. The molecule has 0 bridgehead atoms. The molecule has 3 rings (SSSR count). The zero-order chi connectivity index (χ0) is 24.5. The molecule has 0 radical (unpaired) electrons. The first-order chi connectivity index (χ1) is 16.4. The quantitative estimate of drug-likeness (QED) is 0.465. The monoisotopic (exact) mass is 462 g/mol. The Morgan fingerprint density at radius 3 is 2.47 bits per heavy atom. The summed E-state index contributed by atoms with van der Waals surface area (Å²) in [5.41, 5.74) is 3.44. The van der Waals surface area contributed by atoms with Gasteiger partial charge in [0, 0.05) is 30.3 Å². The summed E-state index contributed by atoms with van der Waals surface area (Å²) in [7, 11) is 3.90. The van der Waals surface area contributed by atoms with Crippen molar-refractivity contribution in [3.05, 3.63) is 87.7 Å². The van der Waals surface area contributed by atoms with E-state index in [0.29, 0.717) is 24.4 Å². The van der Waals surface area contributed by atoms with E-state index in [9.17, 15) is 14.4 Å². The zero-order valence-electron chi connectivity index (χ0n) is 19.8. The predicted octanol–water partition coefficient (Wildman–Crippen LogP) is 2.36. The Bertz CT molecular complexity index is 1190. The Morgan fingerprint density at radius 1 is 1.03 bits per heavy atom. The molecule has 178 valence electrons. The van der Waals surface area contributed by atoms with Crippen molar-refractivity contribution >= 4 is 11.9 Å². The number of carbonyl (C=O) groups is 2. The van der Waals surface area contributed by atoms with E-state index in [4.69, 9.17) is 4.74 Å². The highest BCUT2D eigenvalue weighted by molar-refractivity contribution is 5.94. The van der Waals surface area contributed by atoms with Crippen LogP contribution in [0.1, 0.15) is 28.4 Å². The van der Waals surface area contributed by atoms with Crippen molar-refractivity contribution in [3.63, 3.8) is 0 Å². The number of likely N-dealkylation sites (N-methyl/N-ethyl adjacent to an activating group) is 1. The van der Waals surface area contributed by atoms with Gasteiger partial charge in [-0.1, -0.05) is 36.4 Å². The lowest BCUT2D eigenvalue weighted by Gasteiger charge is -2.11. The number of carbonyl (C=O) groups excluding carboxylic acids is 2. The van der Waals surface area contributed by atoms with Crippen molar-refractivity contribution < 1.29 is 14.3 Å². The summed E-state index contributed by atoms with van der Waals surface area (Å²) in [6.45, 7) is 3.72. The van der Waals surface area contributed by atoms with Crippen molar-refractivity contribution in [1.82, 2.24) is 20.0 Å². The van der Waals surface area contributed by atoms with E-state index >= 15 is 0 Å². The van der Waals surface area contributed by atoms with Crippen LogP contribution < -0.4 is 10.9 Å². The molecule has 1 aromatic heterocycles. The Kier molecular flexibility index (Phi) is 8.70. The van der Waals surface area contributed by atoms with E-state index < -0.39 is 0 Å². The van der Waals surface area contributed by atoms with Gasteiger partial charge in [-0.25, -0.2) is 4.68 Å². The van der Waals surface area contributed by atoms with Crippen molar-refractivity contribution in [1.29, 1.82) is 0 Å². The summed E-state index contributed by atoms with van der Waals surface area (Å²) in [5, 5.41) is 7.39. The molecule has 0 spiro atoms. The number of ether oxygens (including phenoxy) is 1. The third kappa shape index (κ3) is 7.11. The number of aromatic nitrogens is 2. The van der Waals surface area contributed by atoms with Crippen LogP contribution in [-0.2, 0) is 22.5 Å². The second-order valence-electron chi connectivity index (χ2n) is 8.15. The molecule has 8 heteroatoms. The SMILES string of the molecule is CCOC(=O)Cc1cccc(Cn2nc(-c3ccc(C(=O)NCCN(C)C)cc3)ccc2=O)c1. The van der Waals surface area contributed by atoms with E-state index in [1.54, 1.807) is 25.1 Å². The highest BCUT2D eigenvalue weighted by Gasteiger charge is 2.09. The highest BCUT2D eigenvalue weighted by atomic mass is 16.5. The minimum atomic E-state index is -0.285. The van der Waals surface area contributed by atoms with E-state index in [1.165, 1.54) is 10.7 Å². The van der Waals surface area contributed by atoms with Crippen LogP contribution in [-0.4, -0.2) is 60.3 Å². The largest absolute Gasteiger partial charge is 0.466 e. The van der Waals surface area contributed by atoms with Gasteiger partial charge in [0.25, 0.3) is 11.5 Å². The maximum absolute atomic E-state index is 12.4. The Morgan fingerprint density at radius 2 is 1.76 bits per heavy atom. The average Bonchev–Trinajstić information content (AvgIpc) is 2.81. The fourth-order valence-electron chi connectivity index (χ4n) is 3.39. The molecule has 0 aliphatic rings. The third-order valence-corrected chi connectivity index (χ3v) is 5.13. The first-order valence-electron chi connectivity index (χ1n) is 11.2. The normalized spacial score (nSPS) is 10.8. The fraction of sp³-hybridized carbons (Fsp3) is 0.308. The standard InChI is InChI=1S/C26H30N4O4/c1-4-34-25(32)17-19-6-5-7-20(16-19)18-30-24(31)13-12-23(28-30)21-8-10-22(11-9-21)26(33)27-14-15-29(2)3/h5-13,16H,4,14-15,17-18H2,1-3H3,(H,27,33). The second kappa shape index (κ2) is 11.9. The van der Waals surface area contributed by atoms with Crippen LogP contribution in [0.25, 0.3) is 11.3 Å². The number of benzene rings is 2. The first-order valence-corrected chi connectivity index (χ1v) is 11.2. The molecule has 0 aliphatic carbocycles. The van der Waals surface area contributed by atoms with E-state index in [-0.39, 0.29) is 30.4 Å². The third-order valence-electron chi connectivity index (χ3n) is 5.13. The number of hydrogen-bond acceptors (Lipinski definition) is 6. The van der Waals surface area contributed by atoms with Crippen molar-refractivity contribution in [2.75, 3.05) is 33.8 Å². The summed E-state index contributed by atoms with van der Waals surface area (Å²) < 4.78 is 6.40. The summed E-state index contributed by atoms with van der Waals surface area (Å²) in [6, 6.07) is 17.7. The molecule has 1 N–H and O–H groups in total. The zero-order valence-corrected chi connectivity index (χ0v) is 19.8. The van der Waals surface area contributed by atoms with Gasteiger partial charge in [0.05, 0.1) is 25.3 Å². The maximum Gasteiger partial charge on any atom is 0.310 e. The number of esters is 1. The first kappa shape index (κ1) is 24.9. The molecule has 8 nitrogen and oxygen atoms in total. The average molecular weight is 463 g/mol. The molecule has 1 amide bonds. The second-order valence-corrected chi connectivity index (χ2v) is 8.15. The van der Waals surface area contributed by atoms with Crippen LogP contribution in [0.5, 0.6) is 0 Å². The summed E-state index contributed by atoms with van der Waals surface area (Å²) in [5.74, 6) is -0.416. The lowest BCUT2D eigenvalue weighted by atomic mass is 10.1. The Hall–Kier alpha value is -3.78. The predicted molar refractivity (Wildman–Crippen MR) is 131 cm³/mol. The van der Waals surface area contributed by atoms with Crippen molar-refractivity contribution in [2.24, 2.45) is 0 Å². The van der Waals surface area contributed by atoms with E-state index in [0.717, 1.165) is 23.2 Å². The highest BCUT2D eigenvalue weighted by Crippen LogP contribution is 2.17. The molecular weight excluding hydrogens is 432 g/mol. The lowest BCUT2D eigenvalue weighted by Crippen LogP contribution is -2.31. The van der Waals surface area contributed by atoms with E-state index in [1.807, 2.05) is 55.4 Å². The molecule has 0 atom stereocenters. The Labute approximate surface area is 199 Å². The minimum Gasteiger partial charge on any atom is -0.466 e. The topological polar surface area (TPSA) is 93.5 Å². The Balaban J connectivity index is 1.72. The van der Waals surface area contributed by atoms with Gasteiger partial charge in [0.2, 0.25) is 0 Å². The summed E-state index contributed by atoms with van der Waals surface area (Å²) in [4.78, 5) is 38.5. The lowest BCUT2D eigenvalue weighted by molar-refractivity contribution is -0.142. The number of amides is 1. The van der Waals surface area contributed by atoms with Gasteiger partial charge in [-0.05, 0) is 50.3 Å². The van der Waals surface area contributed by atoms with Gasteiger partial charge in [-0.3, -0.25) is 14.4 Å². The molecule has 0 fully saturated rings. The van der Waals surface area contributed by atoms with Crippen molar-refractivity contribution in [3.8, 4) is 11.3 Å². The molecule has 1 heterocycles. The maximum atomic E-state index is 12.4. The van der Waals surface area contributed by atoms with E-state index in [2.05, 4.69) is 10.4 Å². The molecule has 3 aromatic rings. The van der Waals surface area contributed by atoms with Crippen LogP contribution in [0.3, 0.4) is 0 Å². The van der Waals surface area contributed by atoms with Crippen LogP contribution in [0.4, 0.5) is 0 Å². The molecule has 0 saturated heterocycles. The van der Waals surface area contributed by atoms with Crippen LogP contribution in [0.2, 0.25) is 0 Å². The van der Waals surface area contributed by atoms with Crippen molar-refractivity contribution in [2.45, 2.75) is 19.9 Å². The molecule has 2 aromatic carbocycles. The van der Waals surface area contributed by atoms with Crippen LogP contribution in [0.15, 0.2) is 65.5 Å². The molecule has 34 heavy (non-hydrogen) atoms. The number of rotatable bonds is 10.